The molecule has 0 aliphatic heterocycles. The van der Waals surface area contributed by atoms with Gasteiger partial charge in [0.2, 0.25) is 5.91 Å². The fourth-order valence-corrected chi connectivity index (χ4v) is 2.89. The SMILES string of the molecule is C#CCN(C(=O)C(C)S[CH-]C)c1cn(-c2cccnc2)nc1Cl. The van der Waals surface area contributed by atoms with Crippen molar-refractivity contribution < 1.29 is 4.79 Å². The van der Waals surface area contributed by atoms with Crippen molar-refractivity contribution in [3.63, 3.8) is 0 Å². The van der Waals surface area contributed by atoms with Gasteiger partial charge in [0.15, 0.2) is 5.15 Å². The molecule has 2 heterocycles. The van der Waals surface area contributed by atoms with Crippen molar-refractivity contribution in [2.24, 2.45) is 0 Å². The Labute approximate surface area is 145 Å². The maximum atomic E-state index is 12.6. The molecule has 0 spiro atoms. The third-order valence-corrected chi connectivity index (χ3v) is 4.21. The van der Waals surface area contributed by atoms with Crippen LogP contribution in [-0.4, -0.2) is 32.5 Å². The summed E-state index contributed by atoms with van der Waals surface area (Å²) < 4.78 is 1.57. The minimum atomic E-state index is -0.258. The Balaban J connectivity index is 2.35. The first-order valence-corrected chi connectivity index (χ1v) is 8.24. The average molecular weight is 348 g/mol. The van der Waals surface area contributed by atoms with Crippen molar-refractivity contribution >= 4 is 35.0 Å². The van der Waals surface area contributed by atoms with Crippen LogP contribution in [0.15, 0.2) is 30.7 Å². The Hall–Kier alpha value is -1.97. The maximum absolute atomic E-state index is 12.6. The number of nitrogens with zero attached hydrogens (tertiary/aromatic N) is 4. The standard InChI is InChI=1S/C16H16ClN4OS/c1-4-9-20(16(22)12(3)23-5-2)14-11-21(19-15(14)17)13-7-6-8-18-10-13/h1,5-8,10-12H,9H2,2-3H3/q-1. The molecule has 0 radical (unpaired) electrons. The van der Waals surface area contributed by atoms with Crippen molar-refractivity contribution in [3.8, 4) is 18.0 Å². The Morgan fingerprint density at radius 2 is 2.43 bits per heavy atom. The van der Waals surface area contributed by atoms with E-state index in [2.05, 4.69) is 16.0 Å². The first kappa shape index (κ1) is 17.4. The Morgan fingerprint density at radius 1 is 1.65 bits per heavy atom. The maximum Gasteiger partial charge on any atom is 0.238 e. The molecule has 0 aromatic carbocycles. The molecule has 0 N–H and O–H groups in total. The number of anilines is 1. The summed E-state index contributed by atoms with van der Waals surface area (Å²) in [4.78, 5) is 18.1. The Morgan fingerprint density at radius 3 is 3.04 bits per heavy atom. The molecule has 7 heteroatoms. The van der Waals surface area contributed by atoms with Crippen molar-refractivity contribution in [1.29, 1.82) is 0 Å². The smallest absolute Gasteiger partial charge is 0.238 e. The number of aromatic nitrogens is 3. The second kappa shape index (κ2) is 8.04. The summed E-state index contributed by atoms with van der Waals surface area (Å²) in [5.41, 5.74) is 1.24. The second-order valence-corrected chi connectivity index (χ2v) is 6.41. The number of terminal acetylenes is 1. The Bertz CT molecular complexity index is 711. The van der Waals surface area contributed by atoms with E-state index in [1.54, 1.807) is 29.3 Å². The van der Waals surface area contributed by atoms with Crippen molar-refractivity contribution in [2.75, 3.05) is 11.4 Å². The molecular weight excluding hydrogens is 332 g/mol. The minimum Gasteiger partial charge on any atom is -0.339 e. The molecule has 0 aliphatic carbocycles. The van der Waals surface area contributed by atoms with Crippen molar-refractivity contribution in [1.82, 2.24) is 14.8 Å². The monoisotopic (exact) mass is 347 g/mol. The highest BCUT2D eigenvalue weighted by Gasteiger charge is 2.23. The number of hydrogen-bond acceptors (Lipinski definition) is 4. The summed E-state index contributed by atoms with van der Waals surface area (Å²) in [7, 11) is 0. The zero-order valence-electron chi connectivity index (χ0n) is 12.8. The lowest BCUT2D eigenvalue weighted by molar-refractivity contribution is -0.117. The molecule has 120 valence electrons. The molecular formula is C16H16ClN4OS-. The van der Waals surface area contributed by atoms with Crippen LogP contribution in [0.2, 0.25) is 5.15 Å². The molecule has 0 saturated carbocycles. The second-order valence-electron chi connectivity index (χ2n) is 4.60. The summed E-state index contributed by atoms with van der Waals surface area (Å²) in [6.45, 7) is 3.84. The molecule has 1 atom stereocenters. The summed E-state index contributed by atoms with van der Waals surface area (Å²) in [5, 5.41) is 4.20. The number of carbonyl (C=O) groups excluding carboxylic acids is 1. The lowest BCUT2D eigenvalue weighted by Crippen LogP contribution is -2.37. The number of rotatable bonds is 6. The number of hydrogen-bond donors (Lipinski definition) is 0. The van der Waals surface area contributed by atoms with Gasteiger partial charge in [-0.1, -0.05) is 17.5 Å². The normalized spacial score (nSPS) is 11.7. The zero-order valence-corrected chi connectivity index (χ0v) is 14.4. The van der Waals surface area contributed by atoms with Crippen LogP contribution in [0.5, 0.6) is 0 Å². The average Bonchev–Trinajstić information content (AvgIpc) is 2.94. The van der Waals surface area contributed by atoms with E-state index in [9.17, 15) is 4.79 Å². The van der Waals surface area contributed by atoms with Crippen LogP contribution in [-0.2, 0) is 4.79 Å². The van der Waals surface area contributed by atoms with Gasteiger partial charge in [-0.2, -0.15) is 12.0 Å². The van der Waals surface area contributed by atoms with Gasteiger partial charge < -0.3 is 11.8 Å². The van der Waals surface area contributed by atoms with Gasteiger partial charge in [0.1, 0.15) is 5.69 Å². The molecule has 1 amide bonds. The third-order valence-electron chi connectivity index (χ3n) is 3.06. The van der Waals surface area contributed by atoms with Gasteiger partial charge in [-0.3, -0.25) is 20.4 Å². The van der Waals surface area contributed by atoms with Crippen molar-refractivity contribution in [2.45, 2.75) is 19.1 Å². The van der Waals surface area contributed by atoms with E-state index >= 15 is 0 Å². The summed E-state index contributed by atoms with van der Waals surface area (Å²) in [5.74, 6) is 4.26. The fraction of sp³-hybridized carbons (Fsp3) is 0.250. The lowest BCUT2D eigenvalue weighted by Gasteiger charge is -2.24. The molecule has 5 nitrogen and oxygen atoms in total. The van der Waals surface area contributed by atoms with Crippen LogP contribution in [0.1, 0.15) is 13.8 Å². The zero-order chi connectivity index (χ0) is 16.8. The van der Waals surface area contributed by atoms with E-state index in [-0.39, 0.29) is 22.9 Å². The molecule has 0 bridgehead atoms. The van der Waals surface area contributed by atoms with Crippen molar-refractivity contribution in [3.05, 3.63) is 41.6 Å². The van der Waals surface area contributed by atoms with Gasteiger partial charge in [0, 0.05) is 6.20 Å². The van der Waals surface area contributed by atoms with E-state index in [0.29, 0.717) is 5.69 Å². The summed E-state index contributed by atoms with van der Waals surface area (Å²) in [6.07, 6.45) is 10.4. The van der Waals surface area contributed by atoms with E-state index in [1.165, 1.54) is 16.7 Å². The fourth-order valence-electron chi connectivity index (χ4n) is 2.00. The third kappa shape index (κ3) is 4.06. The first-order chi connectivity index (χ1) is 11.1. The first-order valence-electron chi connectivity index (χ1n) is 6.92. The molecule has 23 heavy (non-hydrogen) atoms. The minimum absolute atomic E-state index is 0.112. The van der Waals surface area contributed by atoms with Crippen LogP contribution < -0.4 is 4.90 Å². The largest absolute Gasteiger partial charge is 0.339 e. The van der Waals surface area contributed by atoms with Crippen LogP contribution in [0.3, 0.4) is 0 Å². The highest BCUT2D eigenvalue weighted by Crippen LogP contribution is 2.28. The van der Waals surface area contributed by atoms with Gasteiger partial charge >= 0.3 is 0 Å². The highest BCUT2D eigenvalue weighted by atomic mass is 35.5. The number of amides is 1. The van der Waals surface area contributed by atoms with E-state index in [1.807, 2.05) is 25.7 Å². The van der Waals surface area contributed by atoms with E-state index < -0.39 is 0 Å². The predicted molar refractivity (Wildman–Crippen MR) is 94.6 cm³/mol. The number of halogens is 1. The predicted octanol–water partition coefficient (Wildman–Crippen LogP) is 3.19. The number of carbonyl (C=O) groups is 1. The number of thioether (sulfide) groups is 1. The van der Waals surface area contributed by atoms with Gasteiger partial charge in [-0.15, -0.1) is 6.42 Å². The number of pyridine rings is 1. The Kier molecular flexibility index (Phi) is 6.08. The van der Waals surface area contributed by atoms with Gasteiger partial charge in [-0.25, -0.2) is 4.68 Å². The quantitative estimate of drug-likeness (QED) is 0.595. The van der Waals surface area contributed by atoms with Crippen LogP contribution >= 0.6 is 23.4 Å². The summed E-state index contributed by atoms with van der Waals surface area (Å²) in [6, 6.07) is 3.64. The van der Waals surface area contributed by atoms with E-state index in [0.717, 1.165) is 5.69 Å². The molecule has 0 saturated heterocycles. The van der Waals surface area contributed by atoms with E-state index in [4.69, 9.17) is 18.0 Å². The lowest BCUT2D eigenvalue weighted by atomic mass is 10.3. The molecule has 0 fully saturated rings. The molecule has 0 aliphatic rings. The van der Waals surface area contributed by atoms with Crippen LogP contribution in [0.4, 0.5) is 5.69 Å². The topological polar surface area (TPSA) is 51.0 Å². The molecule has 2 aromatic rings. The molecule has 1 unspecified atom stereocenters. The molecule has 2 aromatic heterocycles. The van der Waals surface area contributed by atoms with Gasteiger partial charge in [-0.05, 0) is 19.1 Å². The van der Waals surface area contributed by atoms with Gasteiger partial charge in [0.05, 0.1) is 29.9 Å². The molecule has 2 rings (SSSR count). The van der Waals surface area contributed by atoms with Crippen LogP contribution in [0, 0.1) is 18.1 Å². The van der Waals surface area contributed by atoms with Crippen LogP contribution in [0.25, 0.3) is 5.69 Å². The summed E-state index contributed by atoms with van der Waals surface area (Å²) >= 11 is 7.65. The highest BCUT2D eigenvalue weighted by molar-refractivity contribution is 8.02. The van der Waals surface area contributed by atoms with Gasteiger partial charge in [0.25, 0.3) is 0 Å².